The van der Waals surface area contributed by atoms with E-state index in [1.807, 2.05) is 20.9 Å². The molecule has 0 radical (unpaired) electrons. The molecule has 1 saturated heterocycles. The number of ketones is 1. The van der Waals surface area contributed by atoms with Crippen LogP contribution in [0.25, 0.3) is 0 Å². The van der Waals surface area contributed by atoms with Crippen molar-refractivity contribution in [3.05, 3.63) is 0 Å². The van der Waals surface area contributed by atoms with E-state index >= 15 is 0 Å². The highest BCUT2D eigenvalue weighted by Gasteiger charge is 2.31. The number of carbonyl (C=O) groups excluding carboxylic acids is 1. The van der Waals surface area contributed by atoms with Crippen molar-refractivity contribution >= 4 is 5.78 Å². The first-order chi connectivity index (χ1) is 5.63. The lowest BCUT2D eigenvalue weighted by Gasteiger charge is -2.18. The number of Topliss-reactive ketones (excluding diaryl/α,β-unsaturated/α-hetero) is 1. The zero-order valence-electron chi connectivity index (χ0n) is 8.92. The summed E-state index contributed by atoms with van der Waals surface area (Å²) in [6.45, 7) is 8.91. The highest BCUT2D eigenvalue weighted by molar-refractivity contribution is 5.82. The number of rotatable bonds is 1. The minimum atomic E-state index is 0.194. The molecule has 0 aromatic carbocycles. The summed E-state index contributed by atoms with van der Waals surface area (Å²) >= 11 is 0. The van der Waals surface area contributed by atoms with E-state index < -0.39 is 0 Å². The molecule has 0 amide bonds. The first kappa shape index (κ1) is 11.6. The largest absolute Gasteiger partial charge is 0.298 e. The van der Waals surface area contributed by atoms with Crippen LogP contribution in [0.3, 0.4) is 0 Å². The van der Waals surface area contributed by atoms with E-state index in [0.29, 0.717) is 11.7 Å². The van der Waals surface area contributed by atoms with Gasteiger partial charge in [-0.15, -0.1) is 0 Å². The second kappa shape index (κ2) is 5.31. The second-order valence-electron chi connectivity index (χ2n) is 3.30. The Morgan fingerprint density at radius 3 is 2.08 bits per heavy atom. The van der Waals surface area contributed by atoms with E-state index in [-0.39, 0.29) is 6.04 Å². The number of nitrogens with zero attached hydrogens (tertiary/aromatic N) is 1. The Hall–Kier alpha value is -0.370. The molecule has 72 valence electrons. The Bertz CT molecular complexity index is 135. The van der Waals surface area contributed by atoms with Gasteiger partial charge in [-0.3, -0.25) is 9.69 Å². The molecule has 0 bridgehead atoms. The van der Waals surface area contributed by atoms with Crippen molar-refractivity contribution in [3.63, 3.8) is 0 Å². The highest BCUT2D eigenvalue weighted by atomic mass is 16.1. The van der Waals surface area contributed by atoms with Gasteiger partial charge < -0.3 is 0 Å². The first-order valence-electron chi connectivity index (χ1n) is 4.83. The normalized spacial score (nSPS) is 29.4. The molecule has 1 heterocycles. The van der Waals surface area contributed by atoms with Crippen molar-refractivity contribution in [2.24, 2.45) is 5.92 Å². The van der Waals surface area contributed by atoms with Gasteiger partial charge in [0.2, 0.25) is 0 Å². The molecule has 1 aliphatic rings. The Balaban J connectivity index is 0.000000561. The van der Waals surface area contributed by atoms with E-state index in [0.717, 1.165) is 6.54 Å². The van der Waals surface area contributed by atoms with Gasteiger partial charge in [-0.25, -0.2) is 0 Å². The van der Waals surface area contributed by atoms with Gasteiger partial charge in [-0.2, -0.15) is 0 Å². The fourth-order valence-electron chi connectivity index (χ4n) is 1.85. The lowest BCUT2D eigenvalue weighted by molar-refractivity contribution is -0.121. The summed E-state index contributed by atoms with van der Waals surface area (Å²) in [5.41, 5.74) is 0. The van der Waals surface area contributed by atoms with Crippen molar-refractivity contribution in [1.29, 1.82) is 0 Å². The predicted octanol–water partition coefficient (Wildman–Crippen LogP) is 1.94. The highest BCUT2D eigenvalue weighted by Crippen LogP contribution is 2.22. The molecule has 1 unspecified atom stereocenters. The lowest BCUT2D eigenvalue weighted by atomic mass is 10.0. The van der Waals surface area contributed by atoms with Crippen LogP contribution in [0.5, 0.6) is 0 Å². The Morgan fingerprint density at radius 1 is 1.42 bits per heavy atom. The summed E-state index contributed by atoms with van der Waals surface area (Å²) in [6.07, 6.45) is 1.17. The molecule has 0 saturated carbocycles. The predicted molar refractivity (Wildman–Crippen MR) is 52.2 cm³/mol. The van der Waals surface area contributed by atoms with Crippen molar-refractivity contribution in [2.45, 2.75) is 40.2 Å². The van der Waals surface area contributed by atoms with Crippen LogP contribution in [0, 0.1) is 5.92 Å². The summed E-state index contributed by atoms with van der Waals surface area (Å²) in [7, 11) is 2.02. The van der Waals surface area contributed by atoms with Crippen LogP contribution in [-0.4, -0.2) is 30.3 Å². The molecular weight excluding hydrogens is 150 g/mol. The molecule has 12 heavy (non-hydrogen) atoms. The molecule has 2 atom stereocenters. The third kappa shape index (κ3) is 2.59. The Morgan fingerprint density at radius 2 is 1.92 bits per heavy atom. The summed E-state index contributed by atoms with van der Waals surface area (Å²) in [6, 6.07) is 0.194. The topological polar surface area (TPSA) is 20.3 Å². The van der Waals surface area contributed by atoms with Crippen LogP contribution < -0.4 is 0 Å². The number of hydrogen-bond donors (Lipinski definition) is 0. The zero-order chi connectivity index (χ0) is 9.72. The molecule has 1 rings (SSSR count). The smallest absolute Gasteiger partial charge is 0.147 e. The monoisotopic (exact) mass is 171 g/mol. The second-order valence-corrected chi connectivity index (χ2v) is 3.30. The van der Waals surface area contributed by atoms with Crippen LogP contribution >= 0.6 is 0 Å². The van der Waals surface area contributed by atoms with Crippen LogP contribution in [0.4, 0.5) is 0 Å². The van der Waals surface area contributed by atoms with Crippen LogP contribution in [0.15, 0.2) is 0 Å². The van der Waals surface area contributed by atoms with Crippen LogP contribution in [-0.2, 0) is 4.79 Å². The third-order valence-electron chi connectivity index (χ3n) is 2.37. The van der Waals surface area contributed by atoms with E-state index in [9.17, 15) is 4.79 Å². The SMILES string of the molecule is CC.CC(=O)C1[C@@H](C)CCN1C. The third-order valence-corrected chi connectivity index (χ3v) is 2.37. The Kier molecular flexibility index (Phi) is 5.14. The Labute approximate surface area is 75.9 Å². The van der Waals surface area contributed by atoms with Gasteiger partial charge in [0.05, 0.1) is 6.04 Å². The van der Waals surface area contributed by atoms with Crippen molar-refractivity contribution in [2.75, 3.05) is 13.6 Å². The molecular formula is C10H21NO. The number of likely N-dealkylation sites (tertiary alicyclic amines) is 1. The van der Waals surface area contributed by atoms with Gasteiger partial charge in [-0.1, -0.05) is 20.8 Å². The fourth-order valence-corrected chi connectivity index (χ4v) is 1.85. The van der Waals surface area contributed by atoms with Crippen molar-refractivity contribution in [3.8, 4) is 0 Å². The molecule has 0 aromatic heterocycles. The zero-order valence-corrected chi connectivity index (χ0v) is 8.92. The summed E-state index contributed by atoms with van der Waals surface area (Å²) in [5.74, 6) is 0.870. The standard InChI is InChI=1S/C8H15NO.C2H6/c1-6-4-5-9(3)8(6)7(2)10;1-2/h6,8H,4-5H2,1-3H3;1-2H3/t6-,8?;/m0./s1. The molecule has 0 N–H and O–H groups in total. The number of carbonyl (C=O) groups is 1. The maximum absolute atomic E-state index is 11.0. The summed E-state index contributed by atoms with van der Waals surface area (Å²) in [4.78, 5) is 13.2. The van der Waals surface area contributed by atoms with Gasteiger partial charge in [0.25, 0.3) is 0 Å². The number of hydrogen-bond acceptors (Lipinski definition) is 2. The van der Waals surface area contributed by atoms with Gasteiger partial charge in [0, 0.05) is 0 Å². The number of likely N-dealkylation sites (N-methyl/N-ethyl adjacent to an activating group) is 1. The van der Waals surface area contributed by atoms with Gasteiger partial charge in [0.15, 0.2) is 0 Å². The first-order valence-corrected chi connectivity index (χ1v) is 4.83. The molecule has 0 aliphatic carbocycles. The minimum Gasteiger partial charge on any atom is -0.298 e. The van der Waals surface area contributed by atoms with E-state index in [1.54, 1.807) is 6.92 Å². The summed E-state index contributed by atoms with van der Waals surface area (Å²) < 4.78 is 0. The quantitative estimate of drug-likeness (QED) is 0.601. The van der Waals surface area contributed by atoms with Crippen LogP contribution in [0.1, 0.15) is 34.1 Å². The van der Waals surface area contributed by atoms with Gasteiger partial charge in [0.1, 0.15) is 5.78 Å². The van der Waals surface area contributed by atoms with E-state index in [2.05, 4.69) is 11.8 Å². The molecule has 1 aliphatic heterocycles. The van der Waals surface area contributed by atoms with E-state index in [4.69, 9.17) is 0 Å². The maximum Gasteiger partial charge on any atom is 0.147 e. The van der Waals surface area contributed by atoms with Crippen molar-refractivity contribution < 1.29 is 4.79 Å². The molecule has 1 fully saturated rings. The molecule has 0 aromatic rings. The molecule has 2 nitrogen and oxygen atoms in total. The lowest BCUT2D eigenvalue weighted by Crippen LogP contribution is -2.34. The maximum atomic E-state index is 11.0. The van der Waals surface area contributed by atoms with Gasteiger partial charge in [-0.05, 0) is 32.9 Å². The molecule has 2 heteroatoms. The minimum absolute atomic E-state index is 0.194. The average molecular weight is 171 g/mol. The van der Waals surface area contributed by atoms with Gasteiger partial charge >= 0.3 is 0 Å². The van der Waals surface area contributed by atoms with E-state index in [1.165, 1.54) is 6.42 Å². The van der Waals surface area contributed by atoms with Crippen molar-refractivity contribution in [1.82, 2.24) is 4.90 Å². The average Bonchev–Trinajstić information content (AvgIpc) is 2.35. The molecule has 0 spiro atoms. The van der Waals surface area contributed by atoms with Crippen LogP contribution in [0.2, 0.25) is 0 Å². The summed E-state index contributed by atoms with van der Waals surface area (Å²) in [5, 5.41) is 0. The fraction of sp³-hybridized carbons (Fsp3) is 0.900.